The highest BCUT2D eigenvalue weighted by molar-refractivity contribution is 6.62. The van der Waals surface area contributed by atoms with Crippen molar-refractivity contribution < 1.29 is 22.5 Å². The Kier molecular flexibility index (Phi) is 4.71. The average molecular weight is 355 g/mol. The lowest BCUT2D eigenvalue weighted by molar-refractivity contribution is -0.136. The van der Waals surface area contributed by atoms with Gasteiger partial charge in [-0.1, -0.05) is 18.2 Å². The Morgan fingerprint density at radius 1 is 1.04 bits per heavy atom. The Morgan fingerprint density at radius 2 is 1.60 bits per heavy atom. The molecule has 1 aromatic carbocycles. The zero-order chi connectivity index (χ0) is 18.5. The quantitative estimate of drug-likeness (QED) is 0.825. The second kappa shape index (κ2) is 6.29. The van der Waals surface area contributed by atoms with Gasteiger partial charge in [-0.3, -0.25) is 0 Å². The minimum Gasteiger partial charge on any atom is -0.399 e. The third-order valence-electron chi connectivity index (χ3n) is 5.70. The third-order valence-corrected chi connectivity index (χ3v) is 5.70. The smallest absolute Gasteiger partial charge is 0.399 e. The maximum Gasteiger partial charge on any atom is 0.495 e. The maximum absolute atomic E-state index is 13.5. The van der Waals surface area contributed by atoms with Crippen LogP contribution in [0.4, 0.5) is 13.2 Å². The maximum atomic E-state index is 13.5. The van der Waals surface area contributed by atoms with Gasteiger partial charge in [0.2, 0.25) is 0 Å². The molecule has 0 bridgehead atoms. The van der Waals surface area contributed by atoms with E-state index in [1.807, 2.05) is 27.7 Å². The molecule has 0 saturated carbocycles. The number of halogens is 3. The van der Waals surface area contributed by atoms with Crippen molar-refractivity contribution in [3.8, 4) is 0 Å². The van der Waals surface area contributed by atoms with Crippen LogP contribution in [0.25, 0.3) is 0 Å². The lowest BCUT2D eigenvalue weighted by atomic mass is 9.73. The Balaban J connectivity index is 2.00. The molecule has 2 heterocycles. The van der Waals surface area contributed by atoms with Crippen molar-refractivity contribution in [1.82, 2.24) is 5.32 Å². The van der Waals surface area contributed by atoms with Gasteiger partial charge in [0.05, 0.1) is 16.8 Å². The fourth-order valence-electron chi connectivity index (χ4n) is 3.41. The molecule has 0 unspecified atom stereocenters. The summed E-state index contributed by atoms with van der Waals surface area (Å²) < 4.78 is 52.4. The first kappa shape index (κ1) is 18.7. The molecule has 1 aromatic rings. The standard InChI is InChI=1S/C18H25BF3NO2/c1-16(2)17(3,4)25-19(24-16)15-11-13(12-7-9-23-10-8-12)5-6-14(15)18(20,21)22/h5-6,11-12,23H,7-10H2,1-4H3. The second-order valence-corrected chi connectivity index (χ2v) is 7.96. The topological polar surface area (TPSA) is 30.5 Å². The third kappa shape index (κ3) is 3.59. The number of hydrogen-bond acceptors (Lipinski definition) is 3. The summed E-state index contributed by atoms with van der Waals surface area (Å²) in [5.41, 5.74) is -1.01. The molecule has 2 saturated heterocycles. The summed E-state index contributed by atoms with van der Waals surface area (Å²) in [4.78, 5) is 0. The molecular formula is C18H25BF3NO2. The van der Waals surface area contributed by atoms with E-state index in [1.54, 1.807) is 12.1 Å². The molecule has 25 heavy (non-hydrogen) atoms. The summed E-state index contributed by atoms with van der Waals surface area (Å²) >= 11 is 0. The highest BCUT2D eigenvalue weighted by Gasteiger charge is 2.53. The lowest BCUT2D eigenvalue weighted by Gasteiger charge is -2.32. The fraction of sp³-hybridized carbons (Fsp3) is 0.667. The number of piperidine rings is 1. The van der Waals surface area contributed by atoms with Crippen LogP contribution >= 0.6 is 0 Å². The van der Waals surface area contributed by atoms with Crippen LogP contribution in [-0.2, 0) is 15.5 Å². The summed E-state index contributed by atoms with van der Waals surface area (Å²) in [6.07, 6.45) is -2.59. The van der Waals surface area contributed by atoms with Crippen molar-refractivity contribution in [2.24, 2.45) is 0 Å². The van der Waals surface area contributed by atoms with E-state index < -0.39 is 30.1 Å². The predicted octanol–water partition coefficient (Wildman–Crippen LogP) is 3.47. The molecular weight excluding hydrogens is 330 g/mol. The van der Waals surface area contributed by atoms with Gasteiger partial charge in [0.15, 0.2) is 0 Å². The minimum absolute atomic E-state index is 0.0854. The Morgan fingerprint density at radius 3 is 2.12 bits per heavy atom. The van der Waals surface area contributed by atoms with E-state index in [2.05, 4.69) is 5.32 Å². The Bertz CT molecular complexity index is 624. The number of hydrogen-bond donors (Lipinski definition) is 1. The van der Waals surface area contributed by atoms with Crippen molar-refractivity contribution in [2.75, 3.05) is 13.1 Å². The molecule has 7 heteroatoms. The molecule has 2 fully saturated rings. The van der Waals surface area contributed by atoms with E-state index in [9.17, 15) is 13.2 Å². The first-order valence-electron chi connectivity index (χ1n) is 8.79. The molecule has 138 valence electrons. The van der Waals surface area contributed by atoms with E-state index in [0.717, 1.165) is 31.5 Å². The van der Waals surface area contributed by atoms with Gasteiger partial charge in [0, 0.05) is 0 Å². The molecule has 0 radical (unpaired) electrons. The number of nitrogens with one attached hydrogen (secondary N) is 1. The van der Waals surface area contributed by atoms with Crippen LogP contribution in [0.3, 0.4) is 0 Å². The van der Waals surface area contributed by atoms with Gasteiger partial charge in [0.1, 0.15) is 0 Å². The van der Waals surface area contributed by atoms with Crippen molar-refractivity contribution in [2.45, 2.75) is 63.8 Å². The fourth-order valence-corrected chi connectivity index (χ4v) is 3.41. The van der Waals surface area contributed by atoms with Crippen LogP contribution in [0.1, 0.15) is 57.6 Å². The van der Waals surface area contributed by atoms with E-state index in [4.69, 9.17) is 9.31 Å². The minimum atomic E-state index is -4.44. The SMILES string of the molecule is CC1(C)OB(c2cc(C3CCNCC3)ccc2C(F)(F)F)OC1(C)C. The number of alkyl halides is 3. The largest absolute Gasteiger partial charge is 0.495 e. The molecule has 2 aliphatic rings. The monoisotopic (exact) mass is 355 g/mol. The molecule has 0 aliphatic carbocycles. The van der Waals surface area contributed by atoms with Crippen LogP contribution in [0.15, 0.2) is 18.2 Å². The zero-order valence-corrected chi connectivity index (χ0v) is 15.2. The second-order valence-electron chi connectivity index (χ2n) is 7.96. The lowest BCUT2D eigenvalue weighted by Crippen LogP contribution is -2.41. The first-order valence-corrected chi connectivity index (χ1v) is 8.79. The summed E-state index contributed by atoms with van der Waals surface area (Å²) in [6, 6.07) is 4.42. The van der Waals surface area contributed by atoms with Crippen LogP contribution in [0.5, 0.6) is 0 Å². The summed E-state index contributed by atoms with van der Waals surface area (Å²) in [6.45, 7) is 9.15. The van der Waals surface area contributed by atoms with E-state index in [1.165, 1.54) is 6.07 Å². The van der Waals surface area contributed by atoms with Crippen molar-refractivity contribution in [3.63, 3.8) is 0 Å². The van der Waals surface area contributed by atoms with Gasteiger partial charge in [-0.25, -0.2) is 0 Å². The number of benzene rings is 1. The molecule has 0 atom stereocenters. The van der Waals surface area contributed by atoms with Crippen LogP contribution in [0, 0.1) is 0 Å². The van der Waals surface area contributed by atoms with Gasteiger partial charge in [-0.15, -0.1) is 0 Å². The molecule has 2 aliphatic heterocycles. The van der Waals surface area contributed by atoms with E-state index >= 15 is 0 Å². The highest BCUT2D eigenvalue weighted by Crippen LogP contribution is 2.39. The van der Waals surface area contributed by atoms with E-state index in [0.29, 0.717) is 0 Å². The van der Waals surface area contributed by atoms with Crippen LogP contribution < -0.4 is 10.8 Å². The summed E-state index contributed by atoms with van der Waals surface area (Å²) in [5, 5.41) is 3.28. The molecule has 0 aromatic heterocycles. The predicted molar refractivity (Wildman–Crippen MR) is 92.0 cm³/mol. The van der Waals surface area contributed by atoms with Gasteiger partial charge in [-0.05, 0) is 70.6 Å². The highest BCUT2D eigenvalue weighted by atomic mass is 19.4. The van der Waals surface area contributed by atoms with Gasteiger partial charge >= 0.3 is 13.3 Å². The van der Waals surface area contributed by atoms with E-state index in [-0.39, 0.29) is 11.4 Å². The van der Waals surface area contributed by atoms with Gasteiger partial charge < -0.3 is 14.6 Å². The Labute approximate surface area is 147 Å². The Hall–Kier alpha value is -1.05. The molecule has 0 amide bonds. The summed E-state index contributed by atoms with van der Waals surface area (Å²) in [7, 11) is -1.01. The molecule has 3 rings (SSSR count). The number of rotatable bonds is 2. The average Bonchev–Trinajstić information content (AvgIpc) is 2.75. The molecule has 3 nitrogen and oxygen atoms in total. The van der Waals surface area contributed by atoms with Gasteiger partial charge in [-0.2, -0.15) is 13.2 Å². The first-order chi connectivity index (χ1) is 11.5. The normalized spacial score (nSPS) is 23.9. The van der Waals surface area contributed by atoms with Crippen LogP contribution in [-0.4, -0.2) is 31.4 Å². The van der Waals surface area contributed by atoms with Crippen LogP contribution in [0.2, 0.25) is 0 Å². The van der Waals surface area contributed by atoms with Crippen molar-refractivity contribution in [1.29, 1.82) is 0 Å². The molecule has 1 N–H and O–H groups in total. The molecule has 0 spiro atoms. The van der Waals surface area contributed by atoms with Crippen molar-refractivity contribution >= 4 is 12.6 Å². The van der Waals surface area contributed by atoms with Crippen molar-refractivity contribution in [3.05, 3.63) is 29.3 Å². The zero-order valence-electron chi connectivity index (χ0n) is 15.2. The summed E-state index contributed by atoms with van der Waals surface area (Å²) in [5.74, 6) is 0.268. The van der Waals surface area contributed by atoms with Gasteiger partial charge in [0.25, 0.3) is 0 Å².